The highest BCUT2D eigenvalue weighted by Crippen LogP contribution is 2.31. The molecule has 0 amide bonds. The van der Waals surface area contributed by atoms with E-state index < -0.39 is 0 Å². The van der Waals surface area contributed by atoms with Crippen molar-refractivity contribution in [1.29, 1.82) is 0 Å². The van der Waals surface area contributed by atoms with Crippen LogP contribution < -0.4 is 5.73 Å². The van der Waals surface area contributed by atoms with Gasteiger partial charge in [-0.05, 0) is 6.07 Å². The fourth-order valence-corrected chi connectivity index (χ4v) is 1.71. The van der Waals surface area contributed by atoms with Crippen LogP contribution in [0.1, 0.15) is 0 Å². The number of anilines is 1. The number of hydrogen-bond acceptors (Lipinski definition) is 4. The maximum atomic E-state index is 5.97. The molecule has 0 aliphatic heterocycles. The summed E-state index contributed by atoms with van der Waals surface area (Å²) in [7, 11) is 0. The van der Waals surface area contributed by atoms with Gasteiger partial charge in [0.15, 0.2) is 0 Å². The molecule has 0 radical (unpaired) electrons. The number of nitrogens with zero attached hydrogens (tertiary/aromatic N) is 2. The van der Waals surface area contributed by atoms with Crippen molar-refractivity contribution in [3.05, 3.63) is 29.3 Å². The highest BCUT2D eigenvalue weighted by molar-refractivity contribution is 7.10. The number of benzene rings is 1. The van der Waals surface area contributed by atoms with E-state index in [1.807, 2.05) is 18.2 Å². The number of halogens is 1. The van der Waals surface area contributed by atoms with E-state index >= 15 is 0 Å². The van der Waals surface area contributed by atoms with Gasteiger partial charge in [-0.3, -0.25) is 0 Å². The molecule has 1 aromatic heterocycles. The largest absolute Gasteiger partial charge is 0.387 e. The lowest BCUT2D eigenvalue weighted by molar-refractivity contribution is 1.16. The zero-order valence-corrected chi connectivity index (χ0v) is 8.14. The number of nitrogen functional groups attached to an aromatic ring is 1. The minimum atomic E-state index is 0.591. The van der Waals surface area contributed by atoms with Crippen molar-refractivity contribution in [3.63, 3.8) is 0 Å². The highest BCUT2D eigenvalue weighted by Gasteiger charge is 2.09. The van der Waals surface area contributed by atoms with E-state index in [1.165, 1.54) is 11.5 Å². The summed E-state index contributed by atoms with van der Waals surface area (Å²) in [5, 5.41) is 5.14. The lowest BCUT2D eigenvalue weighted by Crippen LogP contribution is -1.86. The van der Waals surface area contributed by atoms with Crippen LogP contribution in [0.2, 0.25) is 5.02 Å². The maximum Gasteiger partial charge on any atom is 0.135 e. The summed E-state index contributed by atoms with van der Waals surface area (Å²) in [5.74, 6) is 0. The standard InChI is InChI=1S/C8H6ClN3S/c9-6-4-2-1-3-5(6)7-8(10)13-12-11-7/h1-4H,10H2. The van der Waals surface area contributed by atoms with Crippen molar-refractivity contribution in [3.8, 4) is 11.3 Å². The molecule has 0 bridgehead atoms. The third kappa shape index (κ3) is 1.50. The normalized spacial score (nSPS) is 10.2. The van der Waals surface area contributed by atoms with Crippen LogP contribution in [0, 0.1) is 0 Å². The van der Waals surface area contributed by atoms with Crippen LogP contribution in [0.15, 0.2) is 24.3 Å². The Morgan fingerprint density at radius 2 is 2.08 bits per heavy atom. The van der Waals surface area contributed by atoms with E-state index in [1.54, 1.807) is 6.07 Å². The SMILES string of the molecule is Nc1snnc1-c1ccccc1Cl. The Kier molecular flexibility index (Phi) is 2.16. The first-order chi connectivity index (χ1) is 6.29. The van der Waals surface area contributed by atoms with Gasteiger partial charge < -0.3 is 5.73 Å². The summed E-state index contributed by atoms with van der Waals surface area (Å²) >= 11 is 7.13. The molecule has 1 heterocycles. The lowest BCUT2D eigenvalue weighted by Gasteiger charge is -1.99. The molecule has 0 saturated carbocycles. The topological polar surface area (TPSA) is 51.8 Å². The number of hydrogen-bond donors (Lipinski definition) is 1. The number of nitrogens with two attached hydrogens (primary N) is 1. The lowest BCUT2D eigenvalue weighted by atomic mass is 10.2. The van der Waals surface area contributed by atoms with Gasteiger partial charge in [0.1, 0.15) is 10.7 Å². The molecule has 0 saturated heterocycles. The van der Waals surface area contributed by atoms with Gasteiger partial charge in [-0.1, -0.05) is 34.3 Å². The molecule has 2 rings (SSSR count). The second kappa shape index (κ2) is 3.32. The molecular formula is C8H6ClN3S. The van der Waals surface area contributed by atoms with Gasteiger partial charge >= 0.3 is 0 Å². The monoisotopic (exact) mass is 211 g/mol. The van der Waals surface area contributed by atoms with Crippen LogP contribution in [0.3, 0.4) is 0 Å². The van der Waals surface area contributed by atoms with Crippen LogP contribution in [0.25, 0.3) is 11.3 Å². The van der Waals surface area contributed by atoms with E-state index in [-0.39, 0.29) is 0 Å². The predicted octanol–water partition coefficient (Wildman–Crippen LogP) is 2.44. The van der Waals surface area contributed by atoms with Crippen LogP contribution >= 0.6 is 23.1 Å². The van der Waals surface area contributed by atoms with Crippen LogP contribution in [-0.2, 0) is 0 Å². The second-order valence-electron chi connectivity index (χ2n) is 2.47. The van der Waals surface area contributed by atoms with Gasteiger partial charge in [-0.15, -0.1) is 5.10 Å². The van der Waals surface area contributed by atoms with Crippen LogP contribution in [0.5, 0.6) is 0 Å². The van der Waals surface area contributed by atoms with Gasteiger partial charge in [0, 0.05) is 17.1 Å². The summed E-state index contributed by atoms with van der Waals surface area (Å²) in [4.78, 5) is 0. The summed E-state index contributed by atoms with van der Waals surface area (Å²) in [5.41, 5.74) is 7.17. The van der Waals surface area contributed by atoms with Gasteiger partial charge in [0.25, 0.3) is 0 Å². The van der Waals surface area contributed by atoms with E-state index in [4.69, 9.17) is 17.3 Å². The Bertz CT molecular complexity index is 427. The molecule has 66 valence electrons. The quantitative estimate of drug-likeness (QED) is 0.788. The van der Waals surface area contributed by atoms with Gasteiger partial charge in [0.05, 0.1) is 5.02 Å². The van der Waals surface area contributed by atoms with E-state index in [2.05, 4.69) is 9.59 Å². The van der Waals surface area contributed by atoms with Gasteiger partial charge in [0.2, 0.25) is 0 Å². The minimum Gasteiger partial charge on any atom is -0.387 e. The van der Waals surface area contributed by atoms with Crippen molar-refractivity contribution in [2.75, 3.05) is 5.73 Å². The number of rotatable bonds is 1. The zero-order chi connectivity index (χ0) is 9.26. The molecule has 0 unspecified atom stereocenters. The summed E-state index contributed by atoms with van der Waals surface area (Å²) in [6, 6.07) is 7.42. The zero-order valence-electron chi connectivity index (χ0n) is 6.57. The van der Waals surface area contributed by atoms with E-state index in [9.17, 15) is 0 Å². The molecule has 0 aliphatic carbocycles. The molecule has 0 atom stereocenters. The molecule has 13 heavy (non-hydrogen) atoms. The van der Waals surface area contributed by atoms with Crippen molar-refractivity contribution in [2.24, 2.45) is 0 Å². The van der Waals surface area contributed by atoms with Crippen LogP contribution in [0.4, 0.5) is 5.00 Å². The first kappa shape index (κ1) is 8.47. The van der Waals surface area contributed by atoms with Gasteiger partial charge in [-0.25, -0.2) is 0 Å². The van der Waals surface area contributed by atoms with Crippen molar-refractivity contribution in [2.45, 2.75) is 0 Å². The van der Waals surface area contributed by atoms with E-state index in [0.717, 1.165) is 5.56 Å². The molecule has 3 nitrogen and oxygen atoms in total. The molecule has 0 fully saturated rings. The Labute approximate surface area is 84.3 Å². The summed E-state index contributed by atoms with van der Waals surface area (Å²) in [6.07, 6.45) is 0. The summed E-state index contributed by atoms with van der Waals surface area (Å²) in [6.45, 7) is 0. The third-order valence-electron chi connectivity index (χ3n) is 1.64. The predicted molar refractivity (Wildman–Crippen MR) is 54.8 cm³/mol. The van der Waals surface area contributed by atoms with Crippen molar-refractivity contribution in [1.82, 2.24) is 9.59 Å². The van der Waals surface area contributed by atoms with E-state index in [0.29, 0.717) is 15.7 Å². The average molecular weight is 212 g/mol. The molecular weight excluding hydrogens is 206 g/mol. The van der Waals surface area contributed by atoms with Crippen LogP contribution in [-0.4, -0.2) is 9.59 Å². The third-order valence-corrected chi connectivity index (χ3v) is 2.53. The maximum absolute atomic E-state index is 5.97. The Hall–Kier alpha value is -1.13. The first-order valence-electron chi connectivity index (χ1n) is 3.62. The molecule has 0 spiro atoms. The fourth-order valence-electron chi connectivity index (χ4n) is 1.04. The number of aromatic nitrogens is 2. The van der Waals surface area contributed by atoms with Crippen molar-refractivity contribution < 1.29 is 0 Å². The minimum absolute atomic E-state index is 0.591. The molecule has 2 N–H and O–H groups in total. The molecule has 1 aromatic carbocycles. The Morgan fingerprint density at radius 3 is 2.69 bits per heavy atom. The molecule has 0 aliphatic rings. The molecule has 2 aromatic rings. The average Bonchev–Trinajstić information content (AvgIpc) is 2.52. The first-order valence-corrected chi connectivity index (χ1v) is 4.77. The van der Waals surface area contributed by atoms with Crippen molar-refractivity contribution >= 4 is 28.1 Å². The smallest absolute Gasteiger partial charge is 0.135 e. The Morgan fingerprint density at radius 1 is 1.31 bits per heavy atom. The highest BCUT2D eigenvalue weighted by atomic mass is 35.5. The Balaban J connectivity index is 2.59. The fraction of sp³-hybridized carbons (Fsp3) is 0. The van der Waals surface area contributed by atoms with Gasteiger partial charge in [-0.2, -0.15) is 0 Å². The molecule has 5 heteroatoms. The summed E-state index contributed by atoms with van der Waals surface area (Å²) < 4.78 is 3.75. The second-order valence-corrected chi connectivity index (χ2v) is 3.66.